The molecule has 0 spiro atoms. The van der Waals surface area contributed by atoms with Crippen molar-refractivity contribution in [2.24, 2.45) is 0 Å². The summed E-state index contributed by atoms with van der Waals surface area (Å²) >= 11 is 0. The first-order valence-corrected chi connectivity index (χ1v) is 12.2. The molecule has 0 aliphatic carbocycles. The van der Waals surface area contributed by atoms with Crippen molar-refractivity contribution in [3.8, 4) is 0 Å². The Morgan fingerprint density at radius 2 is 1.91 bits per heavy atom. The Hall–Kier alpha value is -2.59. The number of hydrogen-bond donors (Lipinski definition) is 1. The lowest BCUT2D eigenvalue weighted by Crippen LogP contribution is -2.40. The molecule has 0 saturated carbocycles. The highest BCUT2D eigenvalue weighted by Gasteiger charge is 2.20. The van der Waals surface area contributed by atoms with Gasteiger partial charge in [0.05, 0.1) is 0 Å². The van der Waals surface area contributed by atoms with Gasteiger partial charge >= 0.3 is 0 Å². The molecule has 1 saturated heterocycles. The Balaban J connectivity index is 1.40. The van der Waals surface area contributed by atoms with Gasteiger partial charge in [0.2, 0.25) is 0 Å². The number of likely N-dealkylation sites (tertiary alicyclic amines) is 1. The molecule has 1 N–H and O–H groups in total. The average Bonchev–Trinajstić information content (AvgIpc) is 3.07. The summed E-state index contributed by atoms with van der Waals surface area (Å²) in [5, 5.41) is 4.32. The van der Waals surface area contributed by atoms with Gasteiger partial charge in [0.25, 0.3) is 5.91 Å². The van der Waals surface area contributed by atoms with Gasteiger partial charge in [0.15, 0.2) is 0 Å². The number of nitrogens with one attached hydrogen (secondary N) is 1. The Kier molecular flexibility index (Phi) is 7.31. The van der Waals surface area contributed by atoms with Crippen LogP contribution in [0.25, 0.3) is 10.9 Å². The van der Waals surface area contributed by atoms with E-state index in [2.05, 4.69) is 78.0 Å². The summed E-state index contributed by atoms with van der Waals surface area (Å²) in [6, 6.07) is 17.4. The lowest BCUT2D eigenvalue weighted by Gasteiger charge is -2.35. The number of piperidine rings is 1. The summed E-state index contributed by atoms with van der Waals surface area (Å²) in [6.07, 6.45) is 6.24. The highest BCUT2D eigenvalue weighted by Crippen LogP contribution is 2.27. The standard InChI is InChI=1S/C28H37N3O/c1-4-25-13-8-9-17-30(25)18-10-16-29-28(32)24-14-15-27-26(19-24)21(2)22(3)31(27)20-23-11-6-5-7-12-23/h5-7,11-12,14-15,19,25H,4,8-10,13,16-18,20H2,1-3H3,(H,29,32)/t25-/m0/s1. The van der Waals surface area contributed by atoms with E-state index >= 15 is 0 Å². The number of benzene rings is 2. The van der Waals surface area contributed by atoms with E-state index in [1.165, 1.54) is 60.0 Å². The third-order valence-corrected chi connectivity index (χ3v) is 7.21. The average molecular weight is 432 g/mol. The normalized spacial score (nSPS) is 17.0. The molecule has 1 amide bonds. The summed E-state index contributed by atoms with van der Waals surface area (Å²) in [5.41, 5.74) is 5.74. The predicted octanol–water partition coefficient (Wildman–Crippen LogP) is 5.69. The van der Waals surface area contributed by atoms with E-state index in [1.54, 1.807) is 0 Å². The molecule has 4 heteroatoms. The minimum Gasteiger partial charge on any atom is -0.352 e. The van der Waals surface area contributed by atoms with E-state index in [0.29, 0.717) is 0 Å². The van der Waals surface area contributed by atoms with E-state index in [1.807, 2.05) is 6.07 Å². The zero-order valence-corrected chi connectivity index (χ0v) is 19.9. The number of rotatable bonds is 8. The summed E-state index contributed by atoms with van der Waals surface area (Å²) in [6.45, 7) is 10.5. The van der Waals surface area contributed by atoms with Crippen LogP contribution in [0.5, 0.6) is 0 Å². The minimum atomic E-state index is 0.0328. The third-order valence-electron chi connectivity index (χ3n) is 7.21. The molecule has 1 aliphatic rings. The van der Waals surface area contributed by atoms with Gasteiger partial charge in [0, 0.05) is 47.8 Å². The van der Waals surface area contributed by atoms with Crippen molar-refractivity contribution in [1.82, 2.24) is 14.8 Å². The van der Waals surface area contributed by atoms with E-state index in [0.717, 1.165) is 37.7 Å². The first kappa shape index (κ1) is 22.6. The van der Waals surface area contributed by atoms with Gasteiger partial charge < -0.3 is 14.8 Å². The first-order valence-electron chi connectivity index (χ1n) is 12.2. The molecule has 170 valence electrons. The van der Waals surface area contributed by atoms with Crippen molar-refractivity contribution in [1.29, 1.82) is 0 Å². The largest absolute Gasteiger partial charge is 0.352 e. The number of aryl methyl sites for hydroxylation is 1. The smallest absolute Gasteiger partial charge is 0.251 e. The molecule has 0 bridgehead atoms. The van der Waals surface area contributed by atoms with Gasteiger partial charge in [-0.3, -0.25) is 4.79 Å². The van der Waals surface area contributed by atoms with Crippen molar-refractivity contribution in [3.05, 3.63) is 70.9 Å². The summed E-state index contributed by atoms with van der Waals surface area (Å²) in [7, 11) is 0. The number of nitrogens with zero attached hydrogens (tertiary/aromatic N) is 2. The fourth-order valence-electron chi connectivity index (χ4n) is 5.16. The van der Waals surface area contributed by atoms with E-state index in [-0.39, 0.29) is 5.91 Å². The first-order chi connectivity index (χ1) is 15.6. The quantitative estimate of drug-likeness (QED) is 0.465. The molecule has 0 unspecified atom stereocenters. The molecule has 2 aromatic carbocycles. The van der Waals surface area contributed by atoms with Crippen molar-refractivity contribution in [2.75, 3.05) is 19.6 Å². The second-order valence-corrected chi connectivity index (χ2v) is 9.22. The van der Waals surface area contributed by atoms with Gasteiger partial charge in [-0.25, -0.2) is 0 Å². The van der Waals surface area contributed by atoms with E-state index in [4.69, 9.17) is 0 Å². The van der Waals surface area contributed by atoms with Crippen LogP contribution in [0, 0.1) is 13.8 Å². The number of carbonyl (C=O) groups excluding carboxylic acids is 1. The van der Waals surface area contributed by atoms with Crippen LogP contribution in [0.2, 0.25) is 0 Å². The Morgan fingerprint density at radius 1 is 1.09 bits per heavy atom. The SMILES string of the molecule is CC[C@H]1CCCCN1CCCNC(=O)c1ccc2c(c1)c(C)c(C)n2Cc1ccccc1. The fourth-order valence-corrected chi connectivity index (χ4v) is 5.16. The molecule has 4 nitrogen and oxygen atoms in total. The molecule has 32 heavy (non-hydrogen) atoms. The summed E-state index contributed by atoms with van der Waals surface area (Å²) < 4.78 is 2.35. The molecule has 3 aromatic rings. The maximum absolute atomic E-state index is 12.8. The van der Waals surface area contributed by atoms with Crippen LogP contribution in [0.15, 0.2) is 48.5 Å². The zero-order valence-electron chi connectivity index (χ0n) is 19.9. The number of aromatic nitrogens is 1. The van der Waals surface area contributed by atoms with Crippen LogP contribution in [-0.2, 0) is 6.54 Å². The van der Waals surface area contributed by atoms with Crippen LogP contribution in [-0.4, -0.2) is 41.1 Å². The lowest BCUT2D eigenvalue weighted by atomic mass is 10.00. The highest BCUT2D eigenvalue weighted by atomic mass is 16.1. The van der Waals surface area contributed by atoms with Gasteiger partial charge in [-0.1, -0.05) is 43.7 Å². The van der Waals surface area contributed by atoms with E-state index in [9.17, 15) is 4.79 Å². The second-order valence-electron chi connectivity index (χ2n) is 9.22. The topological polar surface area (TPSA) is 37.3 Å². The van der Waals surface area contributed by atoms with Crippen molar-refractivity contribution in [2.45, 2.75) is 65.5 Å². The third kappa shape index (κ3) is 4.91. The molecule has 1 atom stereocenters. The zero-order chi connectivity index (χ0) is 22.5. The molecular weight excluding hydrogens is 394 g/mol. The predicted molar refractivity (Wildman–Crippen MR) is 133 cm³/mol. The molecule has 1 aliphatic heterocycles. The Labute approximate surface area is 192 Å². The molecule has 2 heterocycles. The van der Waals surface area contributed by atoms with Crippen molar-refractivity contribution >= 4 is 16.8 Å². The number of hydrogen-bond acceptors (Lipinski definition) is 2. The van der Waals surface area contributed by atoms with Gasteiger partial charge in [-0.15, -0.1) is 0 Å². The van der Waals surface area contributed by atoms with E-state index < -0.39 is 0 Å². The lowest BCUT2D eigenvalue weighted by molar-refractivity contribution is 0.0947. The van der Waals surface area contributed by atoms with Crippen LogP contribution in [0.1, 0.15) is 66.2 Å². The van der Waals surface area contributed by atoms with Crippen molar-refractivity contribution in [3.63, 3.8) is 0 Å². The number of carbonyl (C=O) groups is 1. The fraction of sp³-hybridized carbons (Fsp3) is 0.464. The molecule has 4 rings (SSSR count). The maximum Gasteiger partial charge on any atom is 0.251 e. The minimum absolute atomic E-state index is 0.0328. The summed E-state index contributed by atoms with van der Waals surface area (Å²) in [4.78, 5) is 15.4. The monoisotopic (exact) mass is 431 g/mol. The number of amides is 1. The van der Waals surface area contributed by atoms with Crippen LogP contribution >= 0.6 is 0 Å². The van der Waals surface area contributed by atoms with Crippen molar-refractivity contribution < 1.29 is 4.79 Å². The van der Waals surface area contributed by atoms with Gasteiger partial charge in [0.1, 0.15) is 0 Å². The number of fused-ring (bicyclic) bond motifs is 1. The summed E-state index contributed by atoms with van der Waals surface area (Å²) in [5.74, 6) is 0.0328. The molecule has 1 aromatic heterocycles. The second kappa shape index (κ2) is 10.4. The Morgan fingerprint density at radius 3 is 2.69 bits per heavy atom. The van der Waals surface area contributed by atoms with Crippen LogP contribution in [0.3, 0.4) is 0 Å². The van der Waals surface area contributed by atoms with Gasteiger partial charge in [-0.2, -0.15) is 0 Å². The van der Waals surface area contributed by atoms with Crippen LogP contribution < -0.4 is 5.32 Å². The highest BCUT2D eigenvalue weighted by molar-refractivity contribution is 5.99. The van der Waals surface area contributed by atoms with Crippen LogP contribution in [0.4, 0.5) is 0 Å². The molecule has 1 fully saturated rings. The Bertz CT molecular complexity index is 1050. The van der Waals surface area contributed by atoms with Gasteiger partial charge in [-0.05, 0) is 75.4 Å². The molecular formula is C28H37N3O. The molecule has 0 radical (unpaired) electrons. The maximum atomic E-state index is 12.8.